The maximum absolute atomic E-state index is 12.8. The molecule has 0 radical (unpaired) electrons. The van der Waals surface area contributed by atoms with Crippen LogP contribution in [-0.2, 0) is 4.79 Å². The number of tetrazole rings is 1. The van der Waals surface area contributed by atoms with E-state index in [1.807, 2.05) is 0 Å². The second-order valence-corrected chi connectivity index (χ2v) is 3.97. The number of hydrogen-bond acceptors (Lipinski definition) is 5. The summed E-state index contributed by atoms with van der Waals surface area (Å²) in [6, 6.07) is 3.63. The Morgan fingerprint density at radius 3 is 3.00 bits per heavy atom. The Labute approximate surface area is 112 Å². The molecule has 0 unspecified atom stereocenters. The minimum atomic E-state index is -0.860. The summed E-state index contributed by atoms with van der Waals surface area (Å²) in [5.41, 5.74) is 0. The van der Waals surface area contributed by atoms with Crippen LogP contribution in [0.25, 0.3) is 0 Å². The number of hydrogen-bond donors (Lipinski definition) is 2. The number of ether oxygens (including phenoxy) is 1. The van der Waals surface area contributed by atoms with Crippen LogP contribution in [0.5, 0.6) is 5.75 Å². The smallest absolute Gasteiger partial charge is 0.269 e. The number of amides is 1. The van der Waals surface area contributed by atoms with Crippen LogP contribution in [0.1, 0.15) is 6.92 Å². The highest BCUT2D eigenvalue weighted by Crippen LogP contribution is 2.25. The number of rotatable bonds is 4. The van der Waals surface area contributed by atoms with Gasteiger partial charge >= 0.3 is 0 Å². The van der Waals surface area contributed by atoms with Crippen LogP contribution in [0.3, 0.4) is 0 Å². The molecule has 1 atom stereocenters. The first-order valence-corrected chi connectivity index (χ1v) is 5.60. The first-order chi connectivity index (χ1) is 9.06. The molecule has 7 nitrogen and oxygen atoms in total. The minimum absolute atomic E-state index is 0.0330. The normalized spacial score (nSPS) is 11.9. The number of nitrogens with one attached hydrogen (secondary N) is 2. The molecule has 1 amide bonds. The lowest BCUT2D eigenvalue weighted by Crippen LogP contribution is -2.30. The molecular weight excluding hydrogens is 277 g/mol. The third kappa shape index (κ3) is 3.38. The van der Waals surface area contributed by atoms with Gasteiger partial charge in [0.2, 0.25) is 0 Å². The number of H-pyrrole nitrogens is 1. The number of halogens is 2. The molecule has 0 aliphatic heterocycles. The Morgan fingerprint density at radius 2 is 2.37 bits per heavy atom. The summed E-state index contributed by atoms with van der Waals surface area (Å²) in [7, 11) is 0. The number of carbonyl (C=O) groups excluding carboxylic acids is 1. The van der Waals surface area contributed by atoms with Crippen molar-refractivity contribution >= 4 is 23.5 Å². The monoisotopic (exact) mass is 285 g/mol. The molecule has 2 rings (SSSR count). The van der Waals surface area contributed by atoms with Crippen LogP contribution in [-0.4, -0.2) is 32.6 Å². The van der Waals surface area contributed by atoms with Gasteiger partial charge in [-0.2, -0.15) is 5.21 Å². The van der Waals surface area contributed by atoms with E-state index in [1.165, 1.54) is 19.1 Å². The van der Waals surface area contributed by atoms with Gasteiger partial charge in [-0.3, -0.25) is 10.1 Å². The highest BCUT2D eigenvalue weighted by molar-refractivity contribution is 6.32. The summed E-state index contributed by atoms with van der Waals surface area (Å²) < 4.78 is 18.2. The predicted molar refractivity (Wildman–Crippen MR) is 64.3 cm³/mol. The first-order valence-electron chi connectivity index (χ1n) is 5.22. The zero-order chi connectivity index (χ0) is 13.8. The van der Waals surface area contributed by atoms with Gasteiger partial charge in [0.15, 0.2) is 6.10 Å². The van der Waals surface area contributed by atoms with Crippen LogP contribution in [0.15, 0.2) is 18.2 Å². The topological polar surface area (TPSA) is 92.8 Å². The van der Waals surface area contributed by atoms with E-state index in [-0.39, 0.29) is 16.7 Å². The molecule has 9 heteroatoms. The third-order valence-electron chi connectivity index (χ3n) is 2.15. The van der Waals surface area contributed by atoms with Gasteiger partial charge in [-0.05, 0) is 30.3 Å². The highest BCUT2D eigenvalue weighted by Gasteiger charge is 2.17. The molecule has 1 aromatic carbocycles. The molecule has 0 saturated heterocycles. The molecule has 19 heavy (non-hydrogen) atoms. The fourth-order valence-electron chi connectivity index (χ4n) is 1.24. The fraction of sp³-hybridized carbons (Fsp3) is 0.200. The highest BCUT2D eigenvalue weighted by atomic mass is 35.5. The van der Waals surface area contributed by atoms with Crippen LogP contribution < -0.4 is 10.1 Å². The van der Waals surface area contributed by atoms with Crippen molar-refractivity contribution in [2.24, 2.45) is 0 Å². The van der Waals surface area contributed by atoms with Crippen molar-refractivity contribution in [1.29, 1.82) is 0 Å². The molecule has 0 aliphatic rings. The fourth-order valence-corrected chi connectivity index (χ4v) is 1.45. The predicted octanol–water partition coefficient (Wildman–Crippen LogP) is 1.40. The molecule has 0 fully saturated rings. The van der Waals surface area contributed by atoms with Crippen molar-refractivity contribution in [2.75, 3.05) is 5.32 Å². The van der Waals surface area contributed by atoms with Crippen molar-refractivity contribution in [2.45, 2.75) is 13.0 Å². The van der Waals surface area contributed by atoms with Gasteiger partial charge in [-0.15, -0.1) is 5.10 Å². The molecule has 0 saturated carbocycles. The van der Waals surface area contributed by atoms with E-state index in [2.05, 4.69) is 25.9 Å². The van der Waals surface area contributed by atoms with Gasteiger partial charge in [0, 0.05) is 0 Å². The molecular formula is C10H9ClFN5O2. The number of benzene rings is 1. The standard InChI is InChI=1S/C10H9ClFN5O2/c1-5(9(18)13-10-14-16-17-15-10)19-8-3-2-6(12)4-7(8)11/h2-5H,1H3,(H2,13,14,15,16,17,18)/t5-/m1/s1. The second-order valence-electron chi connectivity index (χ2n) is 3.56. The summed E-state index contributed by atoms with van der Waals surface area (Å²) in [6.45, 7) is 1.51. The van der Waals surface area contributed by atoms with E-state index in [1.54, 1.807) is 0 Å². The molecule has 0 spiro atoms. The number of anilines is 1. The largest absolute Gasteiger partial charge is 0.479 e. The Balaban J connectivity index is 2.00. The van der Waals surface area contributed by atoms with Crippen molar-refractivity contribution in [3.05, 3.63) is 29.0 Å². The van der Waals surface area contributed by atoms with Crippen molar-refractivity contribution in [1.82, 2.24) is 20.6 Å². The van der Waals surface area contributed by atoms with Crippen LogP contribution >= 0.6 is 11.6 Å². The quantitative estimate of drug-likeness (QED) is 0.886. The van der Waals surface area contributed by atoms with E-state index >= 15 is 0 Å². The lowest BCUT2D eigenvalue weighted by Gasteiger charge is -2.14. The van der Waals surface area contributed by atoms with E-state index in [9.17, 15) is 9.18 Å². The molecule has 1 aromatic heterocycles. The lowest BCUT2D eigenvalue weighted by molar-refractivity contribution is -0.122. The molecule has 2 aromatic rings. The van der Waals surface area contributed by atoms with Gasteiger partial charge in [0.25, 0.3) is 11.9 Å². The zero-order valence-electron chi connectivity index (χ0n) is 9.72. The Kier molecular flexibility index (Phi) is 3.91. The number of carbonyl (C=O) groups is 1. The van der Waals surface area contributed by atoms with E-state index < -0.39 is 17.8 Å². The van der Waals surface area contributed by atoms with Crippen LogP contribution in [0, 0.1) is 5.82 Å². The van der Waals surface area contributed by atoms with Gasteiger partial charge in [-0.25, -0.2) is 4.39 Å². The Hall–Kier alpha value is -2.22. The van der Waals surface area contributed by atoms with Crippen molar-refractivity contribution in [3.8, 4) is 5.75 Å². The minimum Gasteiger partial charge on any atom is -0.479 e. The molecule has 0 aliphatic carbocycles. The van der Waals surface area contributed by atoms with Gasteiger partial charge in [0.1, 0.15) is 11.6 Å². The SMILES string of the molecule is C[C@@H](Oc1ccc(F)cc1Cl)C(=O)Nc1nn[nH]n1. The molecule has 0 bridgehead atoms. The van der Waals surface area contributed by atoms with Crippen LogP contribution in [0.4, 0.5) is 10.3 Å². The zero-order valence-corrected chi connectivity index (χ0v) is 10.5. The average molecular weight is 286 g/mol. The van der Waals surface area contributed by atoms with Crippen molar-refractivity contribution < 1.29 is 13.9 Å². The molecule has 2 N–H and O–H groups in total. The maximum atomic E-state index is 12.8. The Morgan fingerprint density at radius 1 is 1.58 bits per heavy atom. The number of aromatic nitrogens is 4. The van der Waals surface area contributed by atoms with E-state index in [4.69, 9.17) is 16.3 Å². The second kappa shape index (κ2) is 5.61. The summed E-state index contributed by atoms with van der Waals surface area (Å²) in [5.74, 6) is -0.729. The van der Waals surface area contributed by atoms with Gasteiger partial charge in [0.05, 0.1) is 5.02 Å². The number of nitrogens with zero attached hydrogens (tertiary/aromatic N) is 3. The Bertz CT molecular complexity index is 577. The lowest BCUT2D eigenvalue weighted by atomic mass is 10.3. The van der Waals surface area contributed by atoms with Gasteiger partial charge < -0.3 is 4.74 Å². The molecule has 100 valence electrons. The third-order valence-corrected chi connectivity index (χ3v) is 2.44. The summed E-state index contributed by atoms with van der Waals surface area (Å²) in [6.07, 6.45) is -0.860. The summed E-state index contributed by atoms with van der Waals surface area (Å²) >= 11 is 5.78. The first kappa shape index (κ1) is 13.2. The van der Waals surface area contributed by atoms with E-state index in [0.29, 0.717) is 0 Å². The van der Waals surface area contributed by atoms with Gasteiger partial charge in [-0.1, -0.05) is 16.7 Å². The molecule has 1 heterocycles. The van der Waals surface area contributed by atoms with Crippen LogP contribution in [0.2, 0.25) is 5.02 Å². The summed E-state index contributed by atoms with van der Waals surface area (Å²) in [4.78, 5) is 11.7. The average Bonchev–Trinajstić information content (AvgIpc) is 2.85. The van der Waals surface area contributed by atoms with Crippen molar-refractivity contribution in [3.63, 3.8) is 0 Å². The number of aromatic amines is 1. The summed E-state index contributed by atoms with van der Waals surface area (Å²) in [5, 5.41) is 15.1. The van der Waals surface area contributed by atoms with E-state index in [0.717, 1.165) is 6.07 Å². The maximum Gasteiger partial charge on any atom is 0.269 e.